The van der Waals surface area contributed by atoms with Gasteiger partial charge in [-0.2, -0.15) is 0 Å². The Labute approximate surface area is 395 Å². The molecule has 0 aromatic carbocycles. The second-order valence-corrected chi connectivity index (χ2v) is 19.8. The molecule has 17 heteroatoms. The van der Waals surface area contributed by atoms with Gasteiger partial charge in [0.25, 0.3) is 0 Å². The molecule has 6 rings (SSSR count). The van der Waals surface area contributed by atoms with Gasteiger partial charge >= 0.3 is 18.0 Å². The van der Waals surface area contributed by atoms with Crippen molar-refractivity contribution in [1.29, 1.82) is 0 Å². The molecular weight excluding hydrogens is 861 g/mol. The number of aliphatic hydroxyl groups excluding tert-OH is 1. The number of pyridine rings is 2. The molecule has 3 aliphatic rings. The van der Waals surface area contributed by atoms with Crippen molar-refractivity contribution in [3.8, 4) is 0 Å². The van der Waals surface area contributed by atoms with Crippen LogP contribution in [0, 0.1) is 23.7 Å². The van der Waals surface area contributed by atoms with Crippen LogP contribution in [-0.2, 0) is 55.8 Å². The van der Waals surface area contributed by atoms with Gasteiger partial charge < -0.3 is 47.9 Å². The number of likely N-dealkylation sites (N-methyl/N-ethyl adjacent to an activating group) is 1. The number of methoxy groups -OCH3 is 1. The average Bonchev–Trinajstić information content (AvgIpc) is 3.84. The van der Waals surface area contributed by atoms with E-state index in [4.69, 9.17) is 28.4 Å². The highest BCUT2D eigenvalue weighted by Crippen LogP contribution is 2.45. The van der Waals surface area contributed by atoms with Crippen molar-refractivity contribution in [2.75, 3.05) is 27.2 Å². The number of ketones is 1. The normalized spacial score (nSPS) is 35.5. The highest BCUT2D eigenvalue weighted by Gasteiger charge is 2.61. The largest absolute Gasteiger partial charge is 0.461 e. The number of aliphatic hydroxyl groups is 1. The highest BCUT2D eigenvalue weighted by atomic mass is 16.7. The van der Waals surface area contributed by atoms with Crippen LogP contribution in [0.1, 0.15) is 107 Å². The topological polar surface area (TPSA) is 194 Å². The van der Waals surface area contributed by atoms with Gasteiger partial charge in [0.05, 0.1) is 42.5 Å². The Morgan fingerprint density at radius 2 is 1.67 bits per heavy atom. The molecule has 6 heterocycles. The molecule has 0 bridgehead atoms. The summed E-state index contributed by atoms with van der Waals surface area (Å²) >= 11 is 0. The standard InChI is InChI=1S/C50H74N6O11/c1-13-38-49(9)42(56(47(61)67-49)25-16-15-24-55-29-53-36-18-17-21-52-45(36)55)32(5)40(58)30(3)28-48(8,62-12)44(66-50(10)43(59)37(54(11)14-2)26-31(4)65-50)33(6)41(34(7)46(60)63-38)64-39(57)27-35-19-22-51-23-20-35/h17-23,29-34,37-38,41-44,59H,13-16,24-28H2,1-12H3/t30-,31-,32+,33+,34-,37+,38-,41?,42-,43-,44-,48-,49-,50+/m1/s1. The number of carbonyl (C=O) groups is 4. The monoisotopic (exact) mass is 935 g/mol. The van der Waals surface area contributed by atoms with Crippen LogP contribution in [0.2, 0.25) is 0 Å². The summed E-state index contributed by atoms with van der Waals surface area (Å²) in [6.45, 7) is 19.7. The van der Waals surface area contributed by atoms with Crippen LogP contribution in [0.4, 0.5) is 4.79 Å². The maximum atomic E-state index is 15.1. The van der Waals surface area contributed by atoms with Gasteiger partial charge in [-0.3, -0.25) is 19.4 Å². The molecule has 0 radical (unpaired) electrons. The molecule has 3 fully saturated rings. The summed E-state index contributed by atoms with van der Waals surface area (Å²) in [4.78, 5) is 74.7. The van der Waals surface area contributed by atoms with E-state index < -0.39 is 89.2 Å². The second-order valence-electron chi connectivity index (χ2n) is 19.8. The minimum atomic E-state index is -1.61. The predicted molar refractivity (Wildman–Crippen MR) is 248 cm³/mol. The van der Waals surface area contributed by atoms with Crippen LogP contribution >= 0.6 is 0 Å². The van der Waals surface area contributed by atoms with E-state index in [9.17, 15) is 19.5 Å². The molecule has 3 aromatic rings. The first-order valence-corrected chi connectivity index (χ1v) is 24.1. The highest BCUT2D eigenvalue weighted by molar-refractivity contribution is 5.85. The molecular formula is C50H74N6O11. The van der Waals surface area contributed by atoms with Crippen molar-refractivity contribution in [2.24, 2.45) is 23.7 Å². The fourth-order valence-corrected chi connectivity index (χ4v) is 11.1. The molecule has 0 spiro atoms. The molecule has 14 atom stereocenters. The summed E-state index contributed by atoms with van der Waals surface area (Å²) in [5, 5.41) is 12.1. The number of imidazole rings is 1. The van der Waals surface area contributed by atoms with Crippen molar-refractivity contribution in [2.45, 2.75) is 174 Å². The van der Waals surface area contributed by atoms with E-state index in [-0.39, 0.29) is 43.7 Å². The van der Waals surface area contributed by atoms with Crippen molar-refractivity contribution in [3.63, 3.8) is 0 Å². The number of ether oxygens (including phenoxy) is 6. The average molecular weight is 935 g/mol. The maximum Gasteiger partial charge on any atom is 0.410 e. The molecule has 3 aromatic heterocycles. The molecule has 0 aliphatic carbocycles. The number of unbranched alkanes of at least 4 members (excludes halogenated alkanes) is 1. The Kier molecular flexibility index (Phi) is 16.6. The number of aromatic nitrogens is 4. The summed E-state index contributed by atoms with van der Waals surface area (Å²) in [7, 11) is 3.47. The van der Waals surface area contributed by atoms with Gasteiger partial charge in [0, 0.05) is 62.6 Å². The third kappa shape index (κ3) is 10.9. The third-order valence-electron chi connectivity index (χ3n) is 14.9. The van der Waals surface area contributed by atoms with Crippen molar-refractivity contribution >= 4 is 35.0 Å². The zero-order valence-electron chi connectivity index (χ0n) is 41.5. The zero-order valence-corrected chi connectivity index (χ0v) is 41.5. The van der Waals surface area contributed by atoms with Gasteiger partial charge in [-0.05, 0) is 110 Å². The van der Waals surface area contributed by atoms with E-state index in [1.807, 2.05) is 65.3 Å². The lowest BCUT2D eigenvalue weighted by atomic mass is 9.73. The quantitative estimate of drug-likeness (QED) is 0.109. The van der Waals surface area contributed by atoms with E-state index in [2.05, 4.69) is 19.9 Å². The van der Waals surface area contributed by atoms with E-state index in [1.165, 1.54) is 7.11 Å². The fraction of sp³-hybridized carbons (Fsp3) is 0.700. The number of hydrogen-bond acceptors (Lipinski definition) is 15. The van der Waals surface area contributed by atoms with Crippen LogP contribution in [0.25, 0.3) is 11.2 Å². The van der Waals surface area contributed by atoms with Gasteiger partial charge in [0.15, 0.2) is 17.0 Å². The molecule has 0 saturated carbocycles. The number of cyclic esters (lactones) is 1. The van der Waals surface area contributed by atoms with E-state index in [0.29, 0.717) is 37.9 Å². The lowest BCUT2D eigenvalue weighted by Crippen LogP contribution is -2.65. The fourth-order valence-electron chi connectivity index (χ4n) is 11.1. The van der Waals surface area contributed by atoms with Gasteiger partial charge in [-0.1, -0.05) is 34.6 Å². The first-order valence-electron chi connectivity index (χ1n) is 24.1. The number of nitrogens with zero attached hydrogens (tertiary/aromatic N) is 6. The van der Waals surface area contributed by atoms with Crippen LogP contribution in [0.5, 0.6) is 0 Å². The summed E-state index contributed by atoms with van der Waals surface area (Å²) in [6, 6.07) is 6.02. The number of hydrogen-bond donors (Lipinski definition) is 1. The molecule has 1 N–H and O–H groups in total. The minimum absolute atomic E-state index is 0.106. The van der Waals surface area contributed by atoms with Crippen molar-refractivity contribution < 1.29 is 52.7 Å². The lowest BCUT2D eigenvalue weighted by molar-refractivity contribution is -0.359. The summed E-state index contributed by atoms with van der Waals surface area (Å²) < 4.78 is 41.2. The van der Waals surface area contributed by atoms with Crippen LogP contribution < -0.4 is 0 Å². The molecule has 1 unspecified atom stereocenters. The summed E-state index contributed by atoms with van der Waals surface area (Å²) in [5.41, 5.74) is -0.537. The molecule has 17 nitrogen and oxygen atoms in total. The van der Waals surface area contributed by atoms with E-state index in [1.54, 1.807) is 69.6 Å². The maximum absolute atomic E-state index is 15.1. The number of fused-ring (bicyclic) bond motifs is 2. The first kappa shape index (κ1) is 51.8. The molecule has 3 aliphatic heterocycles. The number of esters is 2. The Bertz CT molecular complexity index is 2180. The number of Topliss-reactive ketones (excluding diaryl/α,β-unsaturated/α-hetero) is 1. The zero-order chi connectivity index (χ0) is 49.0. The smallest absolute Gasteiger partial charge is 0.410 e. The Balaban J connectivity index is 1.39. The number of carbonyl (C=O) groups excluding carboxylic acids is 4. The van der Waals surface area contributed by atoms with Crippen molar-refractivity contribution in [3.05, 3.63) is 54.7 Å². The number of amides is 1. The lowest BCUT2D eigenvalue weighted by Gasteiger charge is -2.52. The van der Waals surface area contributed by atoms with Gasteiger partial charge in [0.2, 0.25) is 0 Å². The molecule has 1 amide bonds. The molecule has 370 valence electrons. The van der Waals surface area contributed by atoms with Gasteiger partial charge in [0.1, 0.15) is 29.6 Å². The van der Waals surface area contributed by atoms with Gasteiger partial charge in [-0.15, -0.1) is 0 Å². The first-order chi connectivity index (χ1) is 31.7. The van der Waals surface area contributed by atoms with E-state index in [0.717, 1.165) is 11.2 Å². The molecule has 3 saturated heterocycles. The van der Waals surface area contributed by atoms with E-state index >= 15 is 4.79 Å². The minimum Gasteiger partial charge on any atom is -0.461 e. The van der Waals surface area contributed by atoms with Gasteiger partial charge in [-0.25, -0.2) is 14.8 Å². The molecule has 67 heavy (non-hydrogen) atoms. The van der Waals surface area contributed by atoms with Crippen LogP contribution in [0.15, 0.2) is 49.2 Å². The number of rotatable bonds is 14. The summed E-state index contributed by atoms with van der Waals surface area (Å²) in [5.74, 6) is -6.45. The van der Waals surface area contributed by atoms with Crippen LogP contribution in [-0.4, -0.2) is 145 Å². The van der Waals surface area contributed by atoms with Crippen LogP contribution in [0.3, 0.4) is 0 Å². The predicted octanol–water partition coefficient (Wildman–Crippen LogP) is 6.18. The Hall–Kier alpha value is -4.55. The summed E-state index contributed by atoms with van der Waals surface area (Å²) in [6.07, 6.45) is 3.42. The SMILES string of the molecule is CC[C@H]1OC(=O)[C@H](C)C(OC(=O)Cc2ccncc2)[C@H](C)[C@@H](O[C@]2(C)O[C@H](C)C[C@H](N(C)CC)[C@H]2O)[C@](C)(OC)C[C@@H](C)C(=O)[C@H](C)[C@H]2N(CCCCn3cnc4cccnc43)C(=O)O[C@]12C. The third-order valence-corrected chi connectivity index (χ3v) is 14.9. The Morgan fingerprint density at radius 1 is 0.970 bits per heavy atom. The number of aryl methyl sites for hydroxylation is 1. The Morgan fingerprint density at radius 3 is 2.34 bits per heavy atom. The second kappa shape index (κ2) is 21.4. The van der Waals surface area contributed by atoms with Crippen molar-refractivity contribution in [1.82, 2.24) is 29.3 Å².